The highest BCUT2D eigenvalue weighted by molar-refractivity contribution is 5.83. The molecular weight excluding hydrogens is 200 g/mol. The molecule has 0 atom stereocenters. The van der Waals surface area contributed by atoms with E-state index in [1.165, 1.54) is 37.7 Å². The first kappa shape index (κ1) is 13.3. The summed E-state index contributed by atoms with van der Waals surface area (Å²) in [4.78, 5) is 11.6. The van der Waals surface area contributed by atoms with Crippen LogP contribution in [-0.2, 0) is 9.53 Å². The first-order valence-electron chi connectivity index (χ1n) is 6.40. The van der Waals surface area contributed by atoms with Gasteiger partial charge in [0.1, 0.15) is 5.60 Å². The van der Waals surface area contributed by atoms with Gasteiger partial charge in [-0.1, -0.05) is 24.8 Å². The zero-order valence-corrected chi connectivity index (χ0v) is 10.8. The molecule has 0 saturated heterocycles. The minimum Gasteiger partial charge on any atom is -0.457 e. The quantitative estimate of drug-likeness (QED) is 0.497. The van der Waals surface area contributed by atoms with Gasteiger partial charge in [0.15, 0.2) is 0 Å². The normalized spacial score (nSPS) is 18.6. The van der Waals surface area contributed by atoms with Crippen molar-refractivity contribution < 1.29 is 9.53 Å². The predicted octanol–water partition coefficient (Wildman–Crippen LogP) is 4.00. The maximum Gasteiger partial charge on any atom is 0.331 e. The van der Waals surface area contributed by atoms with Crippen molar-refractivity contribution in [3.05, 3.63) is 11.6 Å². The fraction of sp³-hybridized carbons (Fsp3) is 0.786. The standard InChI is InChI=1S/C14H24O2/c1-14(2,3)16-13(15)11-12-9-7-5-4-6-8-10-12/h11H,4-10H2,1-3H3. The summed E-state index contributed by atoms with van der Waals surface area (Å²) in [6, 6.07) is 0. The number of rotatable bonds is 1. The first-order chi connectivity index (χ1) is 7.47. The van der Waals surface area contributed by atoms with E-state index in [1.54, 1.807) is 6.08 Å². The molecule has 0 unspecified atom stereocenters. The molecule has 1 rings (SSSR count). The second-order valence-corrected chi connectivity index (χ2v) is 5.60. The molecule has 0 bridgehead atoms. The van der Waals surface area contributed by atoms with Gasteiger partial charge < -0.3 is 4.74 Å². The van der Waals surface area contributed by atoms with Gasteiger partial charge in [-0.2, -0.15) is 0 Å². The molecule has 1 saturated carbocycles. The highest BCUT2D eigenvalue weighted by Gasteiger charge is 2.15. The highest BCUT2D eigenvalue weighted by atomic mass is 16.6. The lowest BCUT2D eigenvalue weighted by molar-refractivity contribution is -0.148. The second kappa shape index (κ2) is 6.07. The van der Waals surface area contributed by atoms with Crippen LogP contribution in [0.15, 0.2) is 11.6 Å². The van der Waals surface area contributed by atoms with Crippen LogP contribution in [-0.4, -0.2) is 11.6 Å². The number of carbonyl (C=O) groups is 1. The van der Waals surface area contributed by atoms with Crippen LogP contribution in [0.5, 0.6) is 0 Å². The Bertz CT molecular complexity index is 248. The molecule has 0 radical (unpaired) electrons. The summed E-state index contributed by atoms with van der Waals surface area (Å²) < 4.78 is 5.30. The molecule has 0 aromatic heterocycles. The van der Waals surface area contributed by atoms with E-state index in [4.69, 9.17) is 4.74 Å². The largest absolute Gasteiger partial charge is 0.457 e. The van der Waals surface area contributed by atoms with Crippen molar-refractivity contribution in [2.75, 3.05) is 0 Å². The van der Waals surface area contributed by atoms with Gasteiger partial charge in [0.05, 0.1) is 0 Å². The maximum absolute atomic E-state index is 11.6. The molecule has 1 fully saturated rings. The Labute approximate surface area is 99.1 Å². The van der Waals surface area contributed by atoms with Crippen LogP contribution in [0.25, 0.3) is 0 Å². The zero-order chi connectivity index (χ0) is 12.0. The third kappa shape index (κ3) is 5.94. The topological polar surface area (TPSA) is 26.3 Å². The summed E-state index contributed by atoms with van der Waals surface area (Å²) in [6.45, 7) is 5.71. The molecule has 2 heteroatoms. The molecular formula is C14H24O2. The Morgan fingerprint density at radius 3 is 2.06 bits per heavy atom. The molecule has 0 aromatic rings. The minimum absolute atomic E-state index is 0.178. The van der Waals surface area contributed by atoms with Gasteiger partial charge in [0, 0.05) is 6.08 Å². The van der Waals surface area contributed by atoms with Crippen LogP contribution in [0.4, 0.5) is 0 Å². The number of carbonyl (C=O) groups excluding carboxylic acids is 1. The van der Waals surface area contributed by atoms with Crippen molar-refractivity contribution in [1.82, 2.24) is 0 Å². The van der Waals surface area contributed by atoms with Crippen molar-refractivity contribution in [1.29, 1.82) is 0 Å². The Hall–Kier alpha value is -0.790. The molecule has 92 valence electrons. The third-order valence-electron chi connectivity index (χ3n) is 2.72. The van der Waals surface area contributed by atoms with Gasteiger partial charge in [0.25, 0.3) is 0 Å². The van der Waals surface area contributed by atoms with E-state index >= 15 is 0 Å². The average molecular weight is 224 g/mol. The van der Waals surface area contributed by atoms with Crippen LogP contribution in [0.1, 0.15) is 65.7 Å². The van der Waals surface area contributed by atoms with E-state index in [0.717, 1.165) is 12.8 Å². The number of hydrogen-bond acceptors (Lipinski definition) is 2. The lowest BCUT2D eigenvalue weighted by Gasteiger charge is -2.19. The lowest BCUT2D eigenvalue weighted by atomic mass is 9.96. The zero-order valence-electron chi connectivity index (χ0n) is 10.8. The van der Waals surface area contributed by atoms with E-state index in [2.05, 4.69) is 0 Å². The van der Waals surface area contributed by atoms with E-state index in [9.17, 15) is 4.79 Å². The first-order valence-corrected chi connectivity index (χ1v) is 6.40. The summed E-state index contributed by atoms with van der Waals surface area (Å²) in [7, 11) is 0. The highest BCUT2D eigenvalue weighted by Crippen LogP contribution is 2.21. The molecule has 1 aliphatic carbocycles. The number of esters is 1. The molecule has 2 nitrogen and oxygen atoms in total. The van der Waals surface area contributed by atoms with Crippen LogP contribution in [0, 0.1) is 0 Å². The molecule has 16 heavy (non-hydrogen) atoms. The van der Waals surface area contributed by atoms with E-state index in [1.807, 2.05) is 20.8 Å². The van der Waals surface area contributed by atoms with Gasteiger partial charge in [-0.3, -0.25) is 0 Å². The molecule has 0 amide bonds. The molecule has 0 spiro atoms. The van der Waals surface area contributed by atoms with Gasteiger partial charge in [-0.25, -0.2) is 4.79 Å². The smallest absolute Gasteiger partial charge is 0.331 e. The van der Waals surface area contributed by atoms with Gasteiger partial charge >= 0.3 is 5.97 Å². The van der Waals surface area contributed by atoms with Crippen molar-refractivity contribution >= 4 is 5.97 Å². The lowest BCUT2D eigenvalue weighted by Crippen LogP contribution is -2.22. The molecule has 0 aromatic carbocycles. The maximum atomic E-state index is 11.6. The minimum atomic E-state index is -0.379. The number of ether oxygens (including phenoxy) is 1. The number of hydrogen-bond donors (Lipinski definition) is 0. The van der Waals surface area contributed by atoms with Gasteiger partial charge in [-0.05, 0) is 46.5 Å². The second-order valence-electron chi connectivity index (χ2n) is 5.60. The monoisotopic (exact) mass is 224 g/mol. The van der Waals surface area contributed by atoms with Crippen LogP contribution in [0.3, 0.4) is 0 Å². The summed E-state index contributed by atoms with van der Waals surface area (Å²) in [5.74, 6) is -0.178. The SMILES string of the molecule is CC(C)(C)OC(=O)C=C1CCCCCCC1. The van der Waals surface area contributed by atoms with Crippen molar-refractivity contribution in [3.63, 3.8) is 0 Å². The Morgan fingerprint density at radius 1 is 1.06 bits per heavy atom. The summed E-state index contributed by atoms with van der Waals surface area (Å²) in [5.41, 5.74) is 0.893. The molecule has 0 N–H and O–H groups in total. The Balaban J connectivity index is 2.49. The molecule has 0 aliphatic heterocycles. The van der Waals surface area contributed by atoms with Crippen LogP contribution >= 0.6 is 0 Å². The molecule has 1 aliphatic rings. The summed E-state index contributed by atoms with van der Waals surface area (Å²) in [6.07, 6.45) is 10.2. The average Bonchev–Trinajstić information content (AvgIpc) is 2.06. The van der Waals surface area contributed by atoms with Crippen molar-refractivity contribution in [2.24, 2.45) is 0 Å². The summed E-state index contributed by atoms with van der Waals surface area (Å²) in [5, 5.41) is 0. The Kier molecular flexibility index (Phi) is 5.04. The van der Waals surface area contributed by atoms with E-state index in [-0.39, 0.29) is 11.6 Å². The third-order valence-corrected chi connectivity index (χ3v) is 2.72. The van der Waals surface area contributed by atoms with Crippen molar-refractivity contribution in [2.45, 2.75) is 71.3 Å². The fourth-order valence-electron chi connectivity index (χ4n) is 2.00. The van der Waals surface area contributed by atoms with Crippen LogP contribution in [0.2, 0.25) is 0 Å². The van der Waals surface area contributed by atoms with E-state index in [0.29, 0.717) is 0 Å². The van der Waals surface area contributed by atoms with Gasteiger partial charge in [-0.15, -0.1) is 0 Å². The van der Waals surface area contributed by atoms with Crippen molar-refractivity contribution in [3.8, 4) is 0 Å². The van der Waals surface area contributed by atoms with Crippen LogP contribution < -0.4 is 0 Å². The fourth-order valence-corrected chi connectivity index (χ4v) is 2.00. The Morgan fingerprint density at radius 2 is 1.56 bits per heavy atom. The number of allylic oxidation sites excluding steroid dienone is 1. The summed E-state index contributed by atoms with van der Waals surface area (Å²) >= 11 is 0. The van der Waals surface area contributed by atoms with Gasteiger partial charge in [0.2, 0.25) is 0 Å². The molecule has 0 heterocycles. The van der Waals surface area contributed by atoms with E-state index < -0.39 is 0 Å². The predicted molar refractivity (Wildman–Crippen MR) is 66.2 cm³/mol.